The molecule has 19 heavy (non-hydrogen) atoms. The molecule has 2 rings (SSSR count). The number of amides is 1. The number of likely N-dealkylation sites (tertiary alicyclic amines) is 1. The first kappa shape index (κ1) is 14.2. The van der Waals surface area contributed by atoms with E-state index in [2.05, 4.69) is 11.8 Å². The molecule has 0 aliphatic carbocycles. The van der Waals surface area contributed by atoms with E-state index in [-0.39, 0.29) is 5.91 Å². The Morgan fingerprint density at radius 3 is 2.58 bits per heavy atom. The second-order valence-corrected chi connectivity index (χ2v) is 5.93. The third-order valence-electron chi connectivity index (χ3n) is 3.69. The maximum absolute atomic E-state index is 12.5. The fraction of sp³-hybridized carbons (Fsp3) is 0.500. The second-order valence-electron chi connectivity index (χ2n) is 5.49. The van der Waals surface area contributed by atoms with Gasteiger partial charge in [-0.3, -0.25) is 4.79 Å². The van der Waals surface area contributed by atoms with Gasteiger partial charge in [-0.05, 0) is 38.2 Å². The zero-order valence-corrected chi connectivity index (χ0v) is 12.3. The molecule has 1 saturated heterocycles. The zero-order chi connectivity index (χ0) is 14.2. The van der Waals surface area contributed by atoms with E-state index in [1.165, 1.54) is 0 Å². The molecule has 1 aliphatic heterocycles. The Labute approximate surface area is 119 Å². The van der Waals surface area contributed by atoms with E-state index in [4.69, 9.17) is 17.3 Å². The van der Waals surface area contributed by atoms with Crippen molar-refractivity contribution in [1.82, 2.24) is 9.80 Å². The molecule has 1 aliphatic rings. The second kappa shape index (κ2) is 5.39. The smallest absolute Gasteiger partial charge is 0.254 e. The molecule has 1 aromatic carbocycles. The summed E-state index contributed by atoms with van der Waals surface area (Å²) in [5.74, 6) is 0.473. The van der Waals surface area contributed by atoms with Crippen LogP contribution in [0.15, 0.2) is 18.2 Å². The predicted molar refractivity (Wildman–Crippen MR) is 78.4 cm³/mol. The Hall–Kier alpha value is -1.26. The number of carbonyl (C=O) groups excluding carboxylic acids is 1. The van der Waals surface area contributed by atoms with E-state index in [9.17, 15) is 4.79 Å². The van der Waals surface area contributed by atoms with Gasteiger partial charge in [0.25, 0.3) is 5.91 Å². The summed E-state index contributed by atoms with van der Waals surface area (Å²) < 4.78 is 0. The van der Waals surface area contributed by atoms with Crippen molar-refractivity contribution < 1.29 is 4.79 Å². The molecule has 1 aromatic rings. The van der Waals surface area contributed by atoms with E-state index in [1.807, 2.05) is 19.0 Å². The van der Waals surface area contributed by atoms with Crippen LogP contribution < -0.4 is 5.73 Å². The summed E-state index contributed by atoms with van der Waals surface area (Å²) in [5, 5.41) is 0.500. The van der Waals surface area contributed by atoms with Gasteiger partial charge in [0.2, 0.25) is 0 Å². The van der Waals surface area contributed by atoms with Crippen LogP contribution >= 0.6 is 11.6 Å². The summed E-state index contributed by atoms with van der Waals surface area (Å²) in [6, 6.07) is 5.41. The number of nitrogens with two attached hydrogens (primary N) is 1. The lowest BCUT2D eigenvalue weighted by Crippen LogP contribution is -2.35. The molecule has 2 atom stereocenters. The van der Waals surface area contributed by atoms with Gasteiger partial charge >= 0.3 is 0 Å². The van der Waals surface area contributed by atoms with Crippen LogP contribution in [0.2, 0.25) is 5.02 Å². The number of hydrogen-bond donors (Lipinski definition) is 1. The van der Waals surface area contributed by atoms with Crippen LogP contribution in [0.4, 0.5) is 5.69 Å². The highest BCUT2D eigenvalue weighted by molar-refractivity contribution is 6.31. The first-order valence-electron chi connectivity index (χ1n) is 6.40. The average Bonchev–Trinajstić information content (AvgIpc) is 2.69. The van der Waals surface area contributed by atoms with E-state index in [0.717, 1.165) is 13.1 Å². The topological polar surface area (TPSA) is 49.6 Å². The minimum Gasteiger partial charge on any atom is -0.399 e. The molecule has 1 heterocycles. The number of halogens is 1. The van der Waals surface area contributed by atoms with Crippen LogP contribution in [-0.4, -0.2) is 48.9 Å². The zero-order valence-electron chi connectivity index (χ0n) is 11.6. The van der Waals surface area contributed by atoms with E-state index in [1.54, 1.807) is 18.2 Å². The Morgan fingerprint density at radius 2 is 2.05 bits per heavy atom. The van der Waals surface area contributed by atoms with E-state index >= 15 is 0 Å². The molecule has 5 heteroatoms. The van der Waals surface area contributed by atoms with Crippen LogP contribution in [0.25, 0.3) is 0 Å². The summed E-state index contributed by atoms with van der Waals surface area (Å²) in [6.07, 6.45) is 0. The van der Waals surface area contributed by atoms with Gasteiger partial charge in [-0.25, -0.2) is 0 Å². The Kier molecular flexibility index (Phi) is 4.02. The monoisotopic (exact) mass is 281 g/mol. The molecule has 2 N–H and O–H groups in total. The minimum atomic E-state index is 0.00500. The molecule has 0 saturated carbocycles. The summed E-state index contributed by atoms with van der Waals surface area (Å²) in [5.41, 5.74) is 6.82. The van der Waals surface area contributed by atoms with Crippen molar-refractivity contribution in [2.45, 2.75) is 13.0 Å². The van der Waals surface area contributed by atoms with Crippen LogP contribution in [0.1, 0.15) is 17.3 Å². The summed E-state index contributed by atoms with van der Waals surface area (Å²) in [6.45, 7) is 3.69. The highest BCUT2D eigenvalue weighted by Crippen LogP contribution is 2.24. The fourth-order valence-corrected chi connectivity index (χ4v) is 2.95. The van der Waals surface area contributed by atoms with Crippen LogP contribution in [0.5, 0.6) is 0 Å². The molecule has 1 amide bonds. The Morgan fingerprint density at radius 1 is 1.37 bits per heavy atom. The molecule has 4 nitrogen and oxygen atoms in total. The molecule has 0 spiro atoms. The SMILES string of the molecule is CC1CN(C(=O)c2cc(N)cc(Cl)c2)CC1N(C)C. The molecule has 0 radical (unpaired) electrons. The highest BCUT2D eigenvalue weighted by atomic mass is 35.5. The number of carbonyl (C=O) groups is 1. The Bertz CT molecular complexity index is 469. The quantitative estimate of drug-likeness (QED) is 0.843. The third kappa shape index (κ3) is 3.01. The van der Waals surface area contributed by atoms with Crippen molar-refractivity contribution in [3.8, 4) is 0 Å². The van der Waals surface area contributed by atoms with Crippen LogP contribution in [0.3, 0.4) is 0 Å². The van der Waals surface area contributed by atoms with Gasteiger partial charge in [-0.15, -0.1) is 0 Å². The van der Waals surface area contributed by atoms with Crippen molar-refractivity contribution in [3.05, 3.63) is 28.8 Å². The van der Waals surface area contributed by atoms with Crippen molar-refractivity contribution in [1.29, 1.82) is 0 Å². The highest BCUT2D eigenvalue weighted by Gasteiger charge is 2.34. The number of benzene rings is 1. The van der Waals surface area contributed by atoms with Gasteiger partial charge in [0.1, 0.15) is 0 Å². The van der Waals surface area contributed by atoms with Gasteiger partial charge in [0.05, 0.1) is 0 Å². The molecule has 104 valence electrons. The average molecular weight is 282 g/mol. The van der Waals surface area contributed by atoms with Crippen LogP contribution in [-0.2, 0) is 0 Å². The van der Waals surface area contributed by atoms with Gasteiger partial charge < -0.3 is 15.5 Å². The van der Waals surface area contributed by atoms with Crippen molar-refractivity contribution in [2.24, 2.45) is 5.92 Å². The summed E-state index contributed by atoms with van der Waals surface area (Å²) >= 11 is 5.95. The third-order valence-corrected chi connectivity index (χ3v) is 3.91. The number of anilines is 1. The number of likely N-dealkylation sites (N-methyl/N-ethyl adjacent to an activating group) is 1. The molecule has 0 aromatic heterocycles. The summed E-state index contributed by atoms with van der Waals surface area (Å²) in [4.78, 5) is 16.5. The number of nitrogen functional groups attached to an aromatic ring is 1. The summed E-state index contributed by atoms with van der Waals surface area (Å²) in [7, 11) is 4.10. The number of nitrogens with zero attached hydrogens (tertiary/aromatic N) is 2. The number of rotatable bonds is 2. The normalized spacial score (nSPS) is 23.1. The van der Waals surface area contributed by atoms with Crippen LogP contribution in [0, 0.1) is 5.92 Å². The van der Waals surface area contributed by atoms with E-state index < -0.39 is 0 Å². The molecule has 0 bridgehead atoms. The Balaban J connectivity index is 2.17. The fourth-order valence-electron chi connectivity index (χ4n) is 2.71. The van der Waals surface area contributed by atoms with E-state index in [0.29, 0.717) is 28.2 Å². The lowest BCUT2D eigenvalue weighted by Gasteiger charge is -2.22. The number of hydrogen-bond acceptors (Lipinski definition) is 3. The van der Waals surface area contributed by atoms with Crippen molar-refractivity contribution >= 4 is 23.2 Å². The lowest BCUT2D eigenvalue weighted by molar-refractivity contribution is 0.0781. The van der Waals surface area contributed by atoms with Gasteiger partial charge in [-0.1, -0.05) is 18.5 Å². The molecule has 2 unspecified atom stereocenters. The molecular formula is C14H20ClN3O. The van der Waals surface area contributed by atoms with Gasteiger partial charge in [-0.2, -0.15) is 0 Å². The molecular weight excluding hydrogens is 262 g/mol. The standard InChI is InChI=1S/C14H20ClN3O/c1-9-7-18(8-13(9)17(2)3)14(19)10-4-11(15)6-12(16)5-10/h4-6,9,13H,7-8,16H2,1-3H3. The predicted octanol–water partition coefficient (Wildman–Crippen LogP) is 1.94. The van der Waals surface area contributed by atoms with Gasteiger partial charge in [0.15, 0.2) is 0 Å². The van der Waals surface area contributed by atoms with Gasteiger partial charge in [0, 0.05) is 35.4 Å². The maximum Gasteiger partial charge on any atom is 0.254 e. The van der Waals surface area contributed by atoms with Crippen molar-refractivity contribution in [2.75, 3.05) is 32.9 Å². The first-order valence-corrected chi connectivity index (χ1v) is 6.78. The minimum absolute atomic E-state index is 0.00500. The first-order chi connectivity index (χ1) is 8.88. The van der Waals surface area contributed by atoms with Crippen molar-refractivity contribution in [3.63, 3.8) is 0 Å². The largest absolute Gasteiger partial charge is 0.399 e. The lowest BCUT2D eigenvalue weighted by atomic mass is 10.1. The maximum atomic E-state index is 12.5. The molecule has 1 fully saturated rings.